The number of carbonyl (C=O) groups is 1. The number of halogens is 4. The summed E-state index contributed by atoms with van der Waals surface area (Å²) >= 11 is 2.97. The van der Waals surface area contributed by atoms with Gasteiger partial charge < -0.3 is 4.74 Å². The van der Waals surface area contributed by atoms with E-state index in [0.29, 0.717) is 0 Å². The summed E-state index contributed by atoms with van der Waals surface area (Å²) in [4.78, 5) is 11.3. The summed E-state index contributed by atoms with van der Waals surface area (Å²) in [6.07, 6.45) is -4.59. The van der Waals surface area contributed by atoms with Gasteiger partial charge in [-0.15, -0.1) is 0 Å². The predicted molar refractivity (Wildman–Crippen MR) is 60.3 cm³/mol. The zero-order valence-electron chi connectivity index (χ0n) is 9.19. The van der Waals surface area contributed by atoms with Crippen LogP contribution < -0.4 is 4.74 Å². The van der Waals surface area contributed by atoms with Crippen LogP contribution in [0.5, 0.6) is 5.75 Å². The number of carbonyl (C=O) groups excluding carboxylic acids is 1. The van der Waals surface area contributed by atoms with E-state index in [1.54, 1.807) is 6.92 Å². The normalized spacial score (nSPS) is 11.4. The Balaban J connectivity index is 3.52. The molecule has 2 nitrogen and oxygen atoms in total. The molecule has 0 spiro atoms. The number of alkyl halides is 3. The average Bonchev–Trinajstić information content (AvgIpc) is 2.15. The Morgan fingerprint density at radius 3 is 2.41 bits per heavy atom. The van der Waals surface area contributed by atoms with Gasteiger partial charge in [0.2, 0.25) is 0 Å². The molecule has 0 unspecified atom stereocenters. The van der Waals surface area contributed by atoms with Gasteiger partial charge in [-0.3, -0.25) is 4.79 Å². The Hall–Kier alpha value is -1.04. The molecule has 0 aliphatic carbocycles. The molecular weight excluding hydrogens is 301 g/mol. The number of ketones is 1. The van der Waals surface area contributed by atoms with E-state index in [2.05, 4.69) is 15.9 Å². The van der Waals surface area contributed by atoms with Crippen LogP contribution in [0.4, 0.5) is 13.2 Å². The van der Waals surface area contributed by atoms with Gasteiger partial charge in [0.15, 0.2) is 5.78 Å². The minimum absolute atomic E-state index is 0.0540. The monoisotopic (exact) mass is 310 g/mol. The van der Waals surface area contributed by atoms with E-state index >= 15 is 0 Å². The molecule has 0 heterocycles. The molecule has 1 aromatic rings. The molecule has 0 radical (unpaired) electrons. The second-order valence-corrected chi connectivity index (χ2v) is 4.23. The number of benzene rings is 1. The molecule has 0 amide bonds. The fourth-order valence-corrected chi connectivity index (χ4v) is 1.87. The zero-order chi connectivity index (χ0) is 13.2. The van der Waals surface area contributed by atoms with Gasteiger partial charge in [0.25, 0.3) is 0 Å². The van der Waals surface area contributed by atoms with Crippen molar-refractivity contribution in [2.75, 3.05) is 6.61 Å². The van der Waals surface area contributed by atoms with Crippen molar-refractivity contribution in [3.8, 4) is 5.75 Å². The highest BCUT2D eigenvalue weighted by Crippen LogP contribution is 2.38. The molecular formula is C11H10BrF3O2. The smallest absolute Gasteiger partial charge is 0.417 e. The molecule has 0 aromatic heterocycles. The SMILES string of the molecule is CCOc1cc(Br)cc(C(F)(F)F)c1C(C)=O. The quantitative estimate of drug-likeness (QED) is 0.787. The van der Waals surface area contributed by atoms with E-state index in [1.807, 2.05) is 0 Å². The molecule has 1 rings (SSSR count). The van der Waals surface area contributed by atoms with Crippen LogP contribution in [0.3, 0.4) is 0 Å². The van der Waals surface area contributed by atoms with Crippen molar-refractivity contribution < 1.29 is 22.7 Å². The first-order valence-electron chi connectivity index (χ1n) is 4.81. The van der Waals surface area contributed by atoms with Crippen LogP contribution >= 0.6 is 15.9 Å². The highest BCUT2D eigenvalue weighted by Gasteiger charge is 2.36. The zero-order valence-corrected chi connectivity index (χ0v) is 10.8. The summed E-state index contributed by atoms with van der Waals surface area (Å²) in [6.45, 7) is 2.91. The Bertz CT molecular complexity index is 441. The standard InChI is InChI=1S/C11H10BrF3O2/c1-3-17-9-5-7(12)4-8(11(13,14)15)10(9)6(2)16/h4-5H,3H2,1-2H3. The maximum Gasteiger partial charge on any atom is 0.417 e. The third kappa shape index (κ3) is 3.21. The first-order chi connectivity index (χ1) is 7.77. The van der Waals surface area contributed by atoms with Gasteiger partial charge in [-0.2, -0.15) is 13.2 Å². The third-order valence-electron chi connectivity index (χ3n) is 2.02. The molecule has 0 aliphatic rings. The lowest BCUT2D eigenvalue weighted by Crippen LogP contribution is -2.13. The van der Waals surface area contributed by atoms with Crippen LogP contribution in [0, 0.1) is 0 Å². The molecule has 0 saturated carbocycles. The van der Waals surface area contributed by atoms with E-state index < -0.39 is 23.1 Å². The summed E-state index contributed by atoms with van der Waals surface area (Å²) in [5, 5.41) is 0. The minimum Gasteiger partial charge on any atom is -0.493 e. The van der Waals surface area contributed by atoms with E-state index in [1.165, 1.54) is 6.07 Å². The first-order valence-corrected chi connectivity index (χ1v) is 5.61. The van der Waals surface area contributed by atoms with Crippen molar-refractivity contribution in [2.45, 2.75) is 20.0 Å². The van der Waals surface area contributed by atoms with E-state index in [0.717, 1.165) is 13.0 Å². The molecule has 0 fully saturated rings. The molecule has 6 heteroatoms. The lowest BCUT2D eigenvalue weighted by Gasteiger charge is -2.15. The van der Waals surface area contributed by atoms with Crippen molar-refractivity contribution in [1.29, 1.82) is 0 Å². The molecule has 0 aliphatic heterocycles. The van der Waals surface area contributed by atoms with Gasteiger partial charge in [-0.05, 0) is 26.0 Å². The van der Waals surface area contributed by atoms with E-state index in [4.69, 9.17) is 4.74 Å². The Morgan fingerprint density at radius 2 is 2.00 bits per heavy atom. The van der Waals surface area contributed by atoms with Crippen LogP contribution in [0.2, 0.25) is 0 Å². The van der Waals surface area contributed by atoms with Crippen LogP contribution in [0.25, 0.3) is 0 Å². The molecule has 0 atom stereocenters. The maximum atomic E-state index is 12.8. The van der Waals surface area contributed by atoms with Crippen LogP contribution in [-0.2, 0) is 6.18 Å². The highest BCUT2D eigenvalue weighted by atomic mass is 79.9. The summed E-state index contributed by atoms with van der Waals surface area (Å²) in [5.74, 6) is -0.727. The van der Waals surface area contributed by atoms with Crippen LogP contribution in [0.1, 0.15) is 29.8 Å². The molecule has 0 saturated heterocycles. The summed E-state index contributed by atoms with van der Waals surface area (Å²) in [6, 6.07) is 2.23. The Morgan fingerprint density at radius 1 is 1.41 bits per heavy atom. The van der Waals surface area contributed by atoms with Gasteiger partial charge in [-0.1, -0.05) is 15.9 Å². The van der Waals surface area contributed by atoms with Crippen molar-refractivity contribution in [3.63, 3.8) is 0 Å². The predicted octanol–water partition coefficient (Wildman–Crippen LogP) is 4.07. The topological polar surface area (TPSA) is 26.3 Å². The van der Waals surface area contributed by atoms with Crippen molar-refractivity contribution in [2.24, 2.45) is 0 Å². The van der Waals surface area contributed by atoms with E-state index in [-0.39, 0.29) is 16.8 Å². The number of hydrogen-bond donors (Lipinski definition) is 0. The highest BCUT2D eigenvalue weighted by molar-refractivity contribution is 9.10. The second-order valence-electron chi connectivity index (χ2n) is 3.31. The summed E-state index contributed by atoms with van der Waals surface area (Å²) < 4.78 is 43.6. The number of ether oxygens (including phenoxy) is 1. The van der Waals surface area contributed by atoms with Gasteiger partial charge in [-0.25, -0.2) is 0 Å². The Labute approximate surface area is 105 Å². The van der Waals surface area contributed by atoms with Gasteiger partial charge in [0, 0.05) is 4.47 Å². The average molecular weight is 311 g/mol. The van der Waals surface area contributed by atoms with Gasteiger partial charge in [0.05, 0.1) is 17.7 Å². The van der Waals surface area contributed by atoms with E-state index in [9.17, 15) is 18.0 Å². The minimum atomic E-state index is -4.59. The number of Topliss-reactive ketones (excluding diaryl/α,β-unsaturated/α-hetero) is 1. The second kappa shape index (κ2) is 5.08. The van der Waals surface area contributed by atoms with Crippen molar-refractivity contribution in [3.05, 3.63) is 27.7 Å². The van der Waals surface area contributed by atoms with Crippen molar-refractivity contribution in [1.82, 2.24) is 0 Å². The fraction of sp³-hybridized carbons (Fsp3) is 0.364. The van der Waals surface area contributed by atoms with Gasteiger partial charge in [0.1, 0.15) is 5.75 Å². The molecule has 0 N–H and O–H groups in total. The molecule has 17 heavy (non-hydrogen) atoms. The molecule has 0 bridgehead atoms. The Kier molecular flexibility index (Phi) is 4.19. The molecule has 1 aromatic carbocycles. The fourth-order valence-electron chi connectivity index (χ4n) is 1.44. The first kappa shape index (κ1) is 14.0. The summed E-state index contributed by atoms with van der Waals surface area (Å²) in [5.41, 5.74) is -1.41. The maximum absolute atomic E-state index is 12.8. The lowest BCUT2D eigenvalue weighted by atomic mass is 10.0. The van der Waals surface area contributed by atoms with Gasteiger partial charge >= 0.3 is 6.18 Å². The van der Waals surface area contributed by atoms with Crippen LogP contribution in [0.15, 0.2) is 16.6 Å². The number of rotatable bonds is 3. The van der Waals surface area contributed by atoms with Crippen LogP contribution in [-0.4, -0.2) is 12.4 Å². The summed E-state index contributed by atoms with van der Waals surface area (Å²) in [7, 11) is 0. The lowest BCUT2D eigenvalue weighted by molar-refractivity contribution is -0.138. The largest absolute Gasteiger partial charge is 0.493 e. The number of hydrogen-bond acceptors (Lipinski definition) is 2. The van der Waals surface area contributed by atoms with Crippen molar-refractivity contribution >= 4 is 21.7 Å². The third-order valence-corrected chi connectivity index (χ3v) is 2.48. The molecule has 94 valence electrons.